The van der Waals surface area contributed by atoms with Gasteiger partial charge in [-0.05, 0) is 36.7 Å². The second-order valence-electron chi connectivity index (χ2n) is 5.50. The largest absolute Gasteiger partial charge is 0.423 e. The highest BCUT2D eigenvalue weighted by Gasteiger charge is 2.25. The number of carbonyl (C=O) groups is 2. The Morgan fingerprint density at radius 3 is 1.96 bits per heavy atom. The summed E-state index contributed by atoms with van der Waals surface area (Å²) in [6, 6.07) is 6.23. The third-order valence-electron chi connectivity index (χ3n) is 3.49. The molecule has 0 fully saturated rings. The first-order valence-corrected chi connectivity index (χ1v) is 10.4. The molecule has 0 aromatic heterocycles. The first-order chi connectivity index (χ1) is 11.3. The predicted octanol–water partition coefficient (Wildman–Crippen LogP) is 4.31. The molecule has 1 aromatic rings. The minimum atomic E-state index is -0.882. The third kappa shape index (κ3) is 5.65. The Kier molecular flexibility index (Phi) is 7.95. The van der Waals surface area contributed by atoms with Gasteiger partial charge < -0.3 is 9.47 Å². The summed E-state index contributed by atoms with van der Waals surface area (Å²) in [4.78, 5) is 23.7. The molecule has 1 unspecified atom stereocenters. The number of ether oxygens (including phenoxy) is 2. The molecule has 1 rings (SSSR count). The molecule has 4 nitrogen and oxygen atoms in total. The van der Waals surface area contributed by atoms with Crippen molar-refractivity contribution in [1.29, 1.82) is 0 Å². The van der Waals surface area contributed by atoms with Crippen LogP contribution in [-0.2, 0) is 9.59 Å². The van der Waals surface area contributed by atoms with E-state index in [1.54, 1.807) is 31.2 Å². The highest BCUT2D eigenvalue weighted by Crippen LogP contribution is 2.27. The molecular weight excluding hydrogens is 344 g/mol. The van der Waals surface area contributed by atoms with Crippen LogP contribution in [-0.4, -0.2) is 26.2 Å². The predicted molar refractivity (Wildman–Crippen MR) is 98.0 cm³/mol. The van der Waals surface area contributed by atoms with E-state index in [9.17, 15) is 9.59 Å². The molecule has 1 atom stereocenters. The van der Waals surface area contributed by atoms with Crippen LogP contribution >= 0.6 is 11.6 Å². The molecule has 0 saturated carbocycles. The van der Waals surface area contributed by atoms with Gasteiger partial charge >= 0.3 is 11.9 Å². The maximum absolute atomic E-state index is 12.2. The quantitative estimate of drug-likeness (QED) is 0.226. The highest BCUT2D eigenvalue weighted by atomic mass is 35.5. The van der Waals surface area contributed by atoms with Gasteiger partial charge in [0, 0.05) is 16.6 Å². The van der Waals surface area contributed by atoms with Gasteiger partial charge in [0.15, 0.2) is 0 Å². The van der Waals surface area contributed by atoms with E-state index >= 15 is 0 Å². The molecule has 0 heterocycles. The van der Waals surface area contributed by atoms with Gasteiger partial charge in [-0.1, -0.05) is 33.0 Å². The summed E-state index contributed by atoms with van der Waals surface area (Å²) in [6.45, 7) is 13.0. The van der Waals surface area contributed by atoms with Crippen LogP contribution in [0.5, 0.6) is 11.5 Å². The van der Waals surface area contributed by atoms with Gasteiger partial charge in [-0.25, -0.2) is 9.59 Å². The molecular formula is C18H22ClO4Si. The van der Waals surface area contributed by atoms with Crippen LogP contribution in [0.1, 0.15) is 20.3 Å². The Morgan fingerprint density at radius 2 is 1.58 bits per heavy atom. The van der Waals surface area contributed by atoms with Gasteiger partial charge in [0.1, 0.15) is 11.5 Å². The van der Waals surface area contributed by atoms with Crippen molar-refractivity contribution in [2.24, 2.45) is 0 Å². The van der Waals surface area contributed by atoms with Gasteiger partial charge in [0.2, 0.25) is 0 Å². The minimum absolute atomic E-state index is 0.0794. The number of benzene rings is 1. The van der Waals surface area contributed by atoms with Crippen molar-refractivity contribution in [2.75, 3.05) is 5.50 Å². The van der Waals surface area contributed by atoms with Crippen LogP contribution in [0.3, 0.4) is 0 Å². The van der Waals surface area contributed by atoms with Crippen molar-refractivity contribution >= 4 is 32.3 Å². The summed E-state index contributed by atoms with van der Waals surface area (Å²) in [6.07, 6.45) is 0.807. The Labute approximate surface area is 149 Å². The Morgan fingerprint density at radius 1 is 1.12 bits per heavy atom. The van der Waals surface area contributed by atoms with Crippen LogP contribution in [0.4, 0.5) is 0 Å². The number of esters is 2. The summed E-state index contributed by atoms with van der Waals surface area (Å²) in [5, 5.41) is 0. The van der Waals surface area contributed by atoms with Crippen LogP contribution in [0.2, 0.25) is 12.1 Å². The lowest BCUT2D eigenvalue weighted by atomic mass is 10.1. The molecule has 0 aliphatic rings. The molecule has 24 heavy (non-hydrogen) atoms. The van der Waals surface area contributed by atoms with E-state index in [2.05, 4.69) is 19.7 Å². The Bertz CT molecular complexity index is 624. The van der Waals surface area contributed by atoms with Crippen molar-refractivity contribution in [3.05, 3.63) is 48.6 Å². The monoisotopic (exact) mass is 365 g/mol. The van der Waals surface area contributed by atoms with Crippen LogP contribution in [0, 0.1) is 0 Å². The summed E-state index contributed by atoms with van der Waals surface area (Å²) < 4.78 is 10.4. The molecule has 0 saturated heterocycles. The summed E-state index contributed by atoms with van der Waals surface area (Å²) >= 11 is 5.92. The number of hydrogen-bond donors (Lipinski definition) is 0. The number of hydrogen-bond acceptors (Lipinski definition) is 4. The SMILES string of the molecule is C=C(C)C(=O)Oc1ccc(OC(=O)C(=C)C(CC)[Si](C)CCl)cc1. The summed E-state index contributed by atoms with van der Waals surface area (Å²) in [5.74, 6) is -0.239. The summed E-state index contributed by atoms with van der Waals surface area (Å²) in [5.41, 5.74) is 1.39. The van der Waals surface area contributed by atoms with E-state index in [1.807, 2.05) is 6.92 Å². The van der Waals surface area contributed by atoms with Gasteiger partial charge in [-0.2, -0.15) is 0 Å². The first-order valence-electron chi connectivity index (χ1n) is 7.57. The minimum Gasteiger partial charge on any atom is -0.423 e. The zero-order valence-corrected chi connectivity index (χ0v) is 16.0. The Balaban J connectivity index is 2.72. The molecule has 1 aromatic carbocycles. The topological polar surface area (TPSA) is 52.6 Å². The van der Waals surface area contributed by atoms with E-state index in [0.717, 1.165) is 6.42 Å². The standard InChI is InChI=1S/C18H22ClO4Si/c1-6-16(24(5)11-19)13(4)18(21)23-15-9-7-14(8-10-15)22-17(20)12(2)3/h7-10,16H,2,4,6,11H2,1,3,5H3. The zero-order chi connectivity index (χ0) is 18.3. The Hall–Kier alpha value is -1.85. The molecule has 6 heteroatoms. The number of rotatable bonds is 8. The van der Waals surface area contributed by atoms with E-state index in [1.165, 1.54) is 0 Å². The molecule has 0 spiro atoms. The lowest BCUT2D eigenvalue weighted by Gasteiger charge is -2.20. The third-order valence-corrected chi connectivity index (χ3v) is 7.12. The zero-order valence-electron chi connectivity index (χ0n) is 14.2. The van der Waals surface area contributed by atoms with Crippen LogP contribution < -0.4 is 9.47 Å². The number of halogens is 1. The first kappa shape index (κ1) is 20.2. The van der Waals surface area contributed by atoms with E-state index in [0.29, 0.717) is 28.1 Å². The van der Waals surface area contributed by atoms with E-state index < -0.39 is 20.7 Å². The average molecular weight is 366 g/mol. The van der Waals surface area contributed by atoms with Crippen molar-refractivity contribution in [2.45, 2.75) is 32.4 Å². The molecule has 0 aliphatic carbocycles. The van der Waals surface area contributed by atoms with Crippen molar-refractivity contribution in [1.82, 2.24) is 0 Å². The lowest BCUT2D eigenvalue weighted by Crippen LogP contribution is -2.25. The fraction of sp³-hybridized carbons (Fsp3) is 0.333. The second kappa shape index (κ2) is 9.44. The van der Waals surface area contributed by atoms with Gasteiger partial charge in [0.25, 0.3) is 0 Å². The van der Waals surface area contributed by atoms with Crippen LogP contribution in [0.15, 0.2) is 48.6 Å². The molecule has 0 bridgehead atoms. The second-order valence-corrected chi connectivity index (χ2v) is 8.96. The maximum Gasteiger partial charge on any atom is 0.338 e. The van der Waals surface area contributed by atoms with Gasteiger partial charge in [-0.3, -0.25) is 0 Å². The van der Waals surface area contributed by atoms with Gasteiger partial charge in [-0.15, -0.1) is 11.6 Å². The number of carbonyl (C=O) groups excluding carboxylic acids is 2. The lowest BCUT2D eigenvalue weighted by molar-refractivity contribution is -0.131. The van der Waals surface area contributed by atoms with Crippen molar-refractivity contribution in [3.8, 4) is 11.5 Å². The summed E-state index contributed by atoms with van der Waals surface area (Å²) in [7, 11) is -0.882. The average Bonchev–Trinajstić information content (AvgIpc) is 2.56. The van der Waals surface area contributed by atoms with E-state index in [-0.39, 0.29) is 5.54 Å². The molecule has 1 radical (unpaired) electrons. The molecule has 0 N–H and O–H groups in total. The smallest absolute Gasteiger partial charge is 0.338 e. The number of alkyl halides is 1. The molecule has 0 aliphatic heterocycles. The fourth-order valence-corrected chi connectivity index (χ4v) is 4.22. The fourth-order valence-electron chi connectivity index (χ4n) is 2.07. The van der Waals surface area contributed by atoms with Crippen molar-refractivity contribution in [3.63, 3.8) is 0 Å². The normalized spacial score (nSPS) is 11.7. The van der Waals surface area contributed by atoms with Crippen LogP contribution in [0.25, 0.3) is 0 Å². The van der Waals surface area contributed by atoms with Gasteiger partial charge in [0.05, 0.1) is 8.80 Å². The molecule has 129 valence electrons. The highest BCUT2D eigenvalue weighted by molar-refractivity contribution is 6.68. The maximum atomic E-state index is 12.2. The molecule has 0 amide bonds. The van der Waals surface area contributed by atoms with Crippen molar-refractivity contribution < 1.29 is 19.1 Å². The van der Waals surface area contributed by atoms with E-state index in [4.69, 9.17) is 21.1 Å².